The fraction of sp³-hybridized carbons (Fsp3) is 0.333. The molecule has 106 valence electrons. The Balaban J connectivity index is 1.68. The maximum Gasteiger partial charge on any atom is 0.231 e. The van der Waals surface area contributed by atoms with Gasteiger partial charge in [-0.25, -0.2) is 0 Å². The molecule has 0 aliphatic carbocycles. The van der Waals surface area contributed by atoms with Gasteiger partial charge in [-0.3, -0.25) is 0 Å². The maximum atomic E-state index is 6.02. The van der Waals surface area contributed by atoms with E-state index in [1.54, 1.807) is 11.3 Å². The molecule has 1 aliphatic rings. The van der Waals surface area contributed by atoms with Crippen molar-refractivity contribution < 1.29 is 14.2 Å². The first-order chi connectivity index (χ1) is 9.74. The van der Waals surface area contributed by atoms with E-state index in [0.717, 1.165) is 22.6 Å². The van der Waals surface area contributed by atoms with E-state index in [1.807, 2.05) is 30.5 Å². The number of rotatable bonds is 5. The smallest absolute Gasteiger partial charge is 0.231 e. The van der Waals surface area contributed by atoms with E-state index in [0.29, 0.717) is 6.61 Å². The highest BCUT2D eigenvalue weighted by Gasteiger charge is 2.18. The second-order valence-electron chi connectivity index (χ2n) is 4.84. The lowest BCUT2D eigenvalue weighted by Crippen LogP contribution is -2.26. The number of thiophene rings is 1. The lowest BCUT2D eigenvalue weighted by atomic mass is 10.1. The zero-order valence-electron chi connectivity index (χ0n) is 11.2. The topological polar surface area (TPSA) is 53.7 Å². The Morgan fingerprint density at radius 3 is 2.90 bits per heavy atom. The van der Waals surface area contributed by atoms with Gasteiger partial charge in [0.15, 0.2) is 11.5 Å². The molecule has 3 rings (SSSR count). The first kappa shape index (κ1) is 13.4. The summed E-state index contributed by atoms with van der Waals surface area (Å²) in [6, 6.07) is 7.84. The highest BCUT2D eigenvalue weighted by atomic mass is 32.1. The summed E-state index contributed by atoms with van der Waals surface area (Å²) in [6.07, 6.45) is -0.0910. The first-order valence-electron chi connectivity index (χ1n) is 6.52. The Bertz CT molecular complexity index is 569. The molecule has 1 aromatic heterocycles. The third kappa shape index (κ3) is 2.80. The quantitative estimate of drug-likeness (QED) is 0.919. The molecular weight excluding hydrogens is 274 g/mol. The van der Waals surface area contributed by atoms with Crippen LogP contribution in [0.5, 0.6) is 11.5 Å². The molecule has 0 fully saturated rings. The van der Waals surface area contributed by atoms with Crippen LogP contribution in [0.3, 0.4) is 0 Å². The highest BCUT2D eigenvalue weighted by Crippen LogP contribution is 2.33. The van der Waals surface area contributed by atoms with E-state index in [2.05, 4.69) is 11.4 Å². The number of ether oxygens (including phenoxy) is 3. The number of benzene rings is 1. The second-order valence-corrected chi connectivity index (χ2v) is 5.62. The standard InChI is InChI=1S/C15H17NO3S/c1-10(16)15(12-4-5-20-8-12)17-7-11-2-3-13-14(6-11)19-9-18-13/h2-6,8,10,15H,7,9,16H2,1H3. The number of nitrogens with two attached hydrogens (primary N) is 1. The summed E-state index contributed by atoms with van der Waals surface area (Å²) in [6.45, 7) is 2.75. The number of fused-ring (bicyclic) bond motifs is 1. The molecule has 20 heavy (non-hydrogen) atoms. The molecule has 0 saturated heterocycles. The van der Waals surface area contributed by atoms with Gasteiger partial charge in [-0.2, -0.15) is 11.3 Å². The predicted molar refractivity (Wildman–Crippen MR) is 78.1 cm³/mol. The Morgan fingerprint density at radius 1 is 1.30 bits per heavy atom. The molecule has 2 heterocycles. The monoisotopic (exact) mass is 291 g/mol. The van der Waals surface area contributed by atoms with Crippen molar-refractivity contribution in [2.45, 2.75) is 25.7 Å². The molecule has 2 atom stereocenters. The van der Waals surface area contributed by atoms with E-state index in [-0.39, 0.29) is 18.9 Å². The van der Waals surface area contributed by atoms with Crippen molar-refractivity contribution in [3.8, 4) is 11.5 Å². The minimum absolute atomic E-state index is 0.0568. The van der Waals surface area contributed by atoms with Gasteiger partial charge in [0.1, 0.15) is 0 Å². The van der Waals surface area contributed by atoms with E-state index >= 15 is 0 Å². The van der Waals surface area contributed by atoms with Gasteiger partial charge in [0.05, 0.1) is 12.7 Å². The van der Waals surface area contributed by atoms with Gasteiger partial charge in [0, 0.05) is 6.04 Å². The van der Waals surface area contributed by atoms with Crippen LogP contribution in [0.15, 0.2) is 35.0 Å². The van der Waals surface area contributed by atoms with Crippen LogP contribution in [0.25, 0.3) is 0 Å². The van der Waals surface area contributed by atoms with Gasteiger partial charge in [-0.05, 0) is 47.0 Å². The third-order valence-electron chi connectivity index (χ3n) is 3.22. The van der Waals surface area contributed by atoms with Gasteiger partial charge < -0.3 is 19.9 Å². The summed E-state index contributed by atoms with van der Waals surface area (Å²) >= 11 is 1.65. The third-order valence-corrected chi connectivity index (χ3v) is 3.92. The molecular formula is C15H17NO3S. The second kappa shape index (κ2) is 5.83. The van der Waals surface area contributed by atoms with E-state index in [9.17, 15) is 0 Å². The molecule has 5 heteroatoms. The van der Waals surface area contributed by atoms with Gasteiger partial charge in [-0.1, -0.05) is 6.07 Å². The van der Waals surface area contributed by atoms with Crippen LogP contribution in [0.2, 0.25) is 0 Å². The van der Waals surface area contributed by atoms with E-state index < -0.39 is 0 Å². The fourth-order valence-electron chi connectivity index (χ4n) is 2.21. The SMILES string of the molecule is CC(N)C(OCc1ccc2c(c1)OCO2)c1ccsc1. The lowest BCUT2D eigenvalue weighted by molar-refractivity contribution is 0.0261. The van der Waals surface area contributed by atoms with Crippen molar-refractivity contribution in [3.05, 3.63) is 46.2 Å². The summed E-state index contributed by atoms with van der Waals surface area (Å²) in [4.78, 5) is 0. The minimum Gasteiger partial charge on any atom is -0.454 e. The van der Waals surface area contributed by atoms with Crippen LogP contribution in [-0.4, -0.2) is 12.8 Å². The van der Waals surface area contributed by atoms with E-state index in [1.165, 1.54) is 0 Å². The predicted octanol–water partition coefficient (Wildman–Crippen LogP) is 3.08. The van der Waals surface area contributed by atoms with Crippen LogP contribution in [0.1, 0.15) is 24.2 Å². The molecule has 0 amide bonds. The average molecular weight is 291 g/mol. The van der Waals surface area contributed by atoms with Gasteiger partial charge in [0.25, 0.3) is 0 Å². The minimum atomic E-state index is -0.0910. The fourth-order valence-corrected chi connectivity index (χ4v) is 2.89. The molecule has 4 nitrogen and oxygen atoms in total. The van der Waals surface area contributed by atoms with Gasteiger partial charge in [-0.15, -0.1) is 0 Å². The van der Waals surface area contributed by atoms with Crippen LogP contribution < -0.4 is 15.2 Å². The Hall–Kier alpha value is -1.56. The Morgan fingerprint density at radius 2 is 2.15 bits per heavy atom. The first-order valence-corrected chi connectivity index (χ1v) is 7.46. The van der Waals surface area contributed by atoms with Crippen molar-refractivity contribution in [1.82, 2.24) is 0 Å². The number of hydrogen-bond donors (Lipinski definition) is 1. The molecule has 1 aliphatic heterocycles. The summed E-state index contributed by atoms with van der Waals surface area (Å²) in [5.41, 5.74) is 8.20. The largest absolute Gasteiger partial charge is 0.454 e. The molecule has 2 unspecified atom stereocenters. The van der Waals surface area contributed by atoms with Crippen LogP contribution in [0.4, 0.5) is 0 Å². The van der Waals surface area contributed by atoms with Gasteiger partial charge >= 0.3 is 0 Å². The van der Waals surface area contributed by atoms with Crippen LogP contribution in [-0.2, 0) is 11.3 Å². The lowest BCUT2D eigenvalue weighted by Gasteiger charge is -2.20. The van der Waals surface area contributed by atoms with Crippen LogP contribution in [0, 0.1) is 0 Å². The Labute approximate surface area is 122 Å². The highest BCUT2D eigenvalue weighted by molar-refractivity contribution is 7.07. The summed E-state index contributed by atoms with van der Waals surface area (Å²) in [5.74, 6) is 1.56. The molecule has 0 radical (unpaired) electrons. The van der Waals surface area contributed by atoms with Crippen molar-refractivity contribution in [1.29, 1.82) is 0 Å². The summed E-state index contributed by atoms with van der Waals surface area (Å²) in [5, 5.41) is 4.11. The molecule has 2 N–H and O–H groups in total. The Kier molecular flexibility index (Phi) is 3.91. The maximum absolute atomic E-state index is 6.02. The van der Waals surface area contributed by atoms with E-state index in [4.69, 9.17) is 19.9 Å². The normalized spacial score (nSPS) is 16.1. The van der Waals surface area contributed by atoms with Crippen molar-refractivity contribution in [3.63, 3.8) is 0 Å². The van der Waals surface area contributed by atoms with Crippen molar-refractivity contribution in [2.75, 3.05) is 6.79 Å². The van der Waals surface area contributed by atoms with Crippen molar-refractivity contribution >= 4 is 11.3 Å². The molecule has 0 spiro atoms. The van der Waals surface area contributed by atoms with Crippen molar-refractivity contribution in [2.24, 2.45) is 5.73 Å². The van der Waals surface area contributed by atoms with Gasteiger partial charge in [0.2, 0.25) is 6.79 Å². The molecule has 1 aromatic carbocycles. The van der Waals surface area contributed by atoms with Crippen LogP contribution >= 0.6 is 11.3 Å². The molecule has 0 bridgehead atoms. The average Bonchev–Trinajstić information content (AvgIpc) is 3.08. The zero-order chi connectivity index (χ0) is 13.9. The summed E-state index contributed by atoms with van der Waals surface area (Å²) in [7, 11) is 0. The number of hydrogen-bond acceptors (Lipinski definition) is 5. The molecule has 2 aromatic rings. The molecule has 0 saturated carbocycles. The zero-order valence-corrected chi connectivity index (χ0v) is 12.1. The summed E-state index contributed by atoms with van der Waals surface area (Å²) < 4.78 is 16.6.